The number of carbonyl (C=O) groups is 2. The molecule has 0 fully saturated rings. The van der Waals surface area contributed by atoms with Crippen molar-refractivity contribution in [3.8, 4) is 0 Å². The summed E-state index contributed by atoms with van der Waals surface area (Å²) in [6, 6.07) is -2.14. The van der Waals surface area contributed by atoms with Gasteiger partial charge in [-0.05, 0) is 24.9 Å². The van der Waals surface area contributed by atoms with Crippen molar-refractivity contribution in [3.63, 3.8) is 0 Å². The zero-order valence-electron chi connectivity index (χ0n) is 14.5. The SMILES string of the molecule is [NH-]C(CCCN=C(N)N)C(=O)O.[NH-]C(CCCN=C(N)N)C(=O)O.[O]=[99Tc+3]=[O]. The number of carboxylic acid groups (broad SMARTS) is 2. The molecule has 0 heterocycles. The molecule has 0 aliphatic carbocycles. The van der Waals surface area contributed by atoms with Gasteiger partial charge in [0.25, 0.3) is 11.9 Å². The van der Waals surface area contributed by atoms with E-state index in [2.05, 4.69) is 9.98 Å². The quantitative estimate of drug-likeness (QED) is 0.125. The number of hydrogen-bond donors (Lipinski definition) is 6. The molecule has 2 unspecified atom stereocenters. The minimum absolute atomic E-state index is 0.00754. The zero-order valence-corrected chi connectivity index (χ0v) is 16.4. The monoisotopic (exact) mass is 477 g/mol. The van der Waals surface area contributed by atoms with Crippen molar-refractivity contribution < 1.29 is 44.4 Å². The van der Waals surface area contributed by atoms with Crippen molar-refractivity contribution in [2.75, 3.05) is 13.1 Å². The van der Waals surface area contributed by atoms with Crippen LogP contribution in [0.5, 0.6) is 0 Å². The summed E-state index contributed by atoms with van der Waals surface area (Å²) < 4.78 is 17.0. The molecule has 0 aromatic carbocycles. The van der Waals surface area contributed by atoms with Crippen LogP contribution in [-0.4, -0.2) is 59.2 Å². The second-order valence-corrected chi connectivity index (χ2v) is 5.05. The first kappa shape index (κ1) is 29.4. The van der Waals surface area contributed by atoms with E-state index in [1.54, 1.807) is 0 Å². The Hall–Kier alpha value is -2.35. The Morgan fingerprint density at radius 1 is 0.815 bits per heavy atom. The number of guanidine groups is 2. The van der Waals surface area contributed by atoms with Crippen LogP contribution in [0.4, 0.5) is 0 Å². The molecule has 0 aliphatic rings. The molecule has 12 N–H and O–H groups in total. The molecule has 15 heteroatoms. The van der Waals surface area contributed by atoms with Crippen LogP contribution in [0.15, 0.2) is 9.98 Å². The van der Waals surface area contributed by atoms with Crippen LogP contribution in [0.2, 0.25) is 0 Å². The normalized spacial score (nSPS) is 11.0. The van der Waals surface area contributed by atoms with Gasteiger partial charge < -0.3 is 44.6 Å². The van der Waals surface area contributed by atoms with E-state index in [4.69, 9.17) is 51.6 Å². The predicted molar refractivity (Wildman–Crippen MR) is 92.7 cm³/mol. The molecule has 0 amide bonds. The van der Waals surface area contributed by atoms with Crippen molar-refractivity contribution in [2.24, 2.45) is 32.9 Å². The summed E-state index contributed by atoms with van der Waals surface area (Å²) in [6.45, 7) is 0.760. The molecule has 0 spiro atoms. The molecule has 0 aliphatic heterocycles. The van der Waals surface area contributed by atoms with Crippen LogP contribution in [0.3, 0.4) is 0 Å². The number of rotatable bonds is 10. The van der Waals surface area contributed by atoms with Gasteiger partial charge in [0.15, 0.2) is 11.9 Å². The second-order valence-electron chi connectivity index (χ2n) is 4.74. The fraction of sp³-hybridized carbons (Fsp3) is 0.667. The fourth-order valence-electron chi connectivity index (χ4n) is 1.25. The maximum atomic E-state index is 10.2. The van der Waals surface area contributed by atoms with E-state index in [0.29, 0.717) is 25.9 Å². The van der Waals surface area contributed by atoms with Gasteiger partial charge in [-0.1, -0.05) is 12.8 Å². The van der Waals surface area contributed by atoms with Crippen LogP contribution < -0.4 is 22.9 Å². The molecule has 0 saturated carbocycles. The van der Waals surface area contributed by atoms with Crippen molar-refractivity contribution in [2.45, 2.75) is 37.8 Å². The first-order valence-electron chi connectivity index (χ1n) is 7.37. The first-order chi connectivity index (χ1) is 12.5. The summed E-state index contributed by atoms with van der Waals surface area (Å²) in [5, 5.41) is 16.6. The summed E-state index contributed by atoms with van der Waals surface area (Å²) in [4.78, 5) is 27.6. The van der Waals surface area contributed by atoms with Gasteiger partial charge in [-0.25, -0.2) is 0 Å². The predicted octanol–water partition coefficient (Wildman–Crippen LogP) is -1.15. The molecule has 0 bridgehead atoms. The van der Waals surface area contributed by atoms with Crippen LogP contribution in [0.1, 0.15) is 25.7 Å². The number of hydrogen-bond acceptors (Lipinski definition) is 6. The summed E-state index contributed by atoms with van der Waals surface area (Å²) in [6.07, 6.45) is 1.56. The zero-order chi connectivity index (χ0) is 21.8. The number of carboxylic acids is 2. The summed E-state index contributed by atoms with van der Waals surface area (Å²) in [5.41, 5.74) is 34.1. The molecule has 0 radical (unpaired) electrons. The Bertz CT molecular complexity index is 476. The van der Waals surface area contributed by atoms with E-state index in [0.717, 1.165) is 0 Å². The number of aliphatic carboxylic acids is 2. The van der Waals surface area contributed by atoms with Crippen LogP contribution in [-0.2, 0) is 34.2 Å². The number of nitrogens with two attached hydrogens (primary N) is 4. The fourth-order valence-corrected chi connectivity index (χ4v) is 1.25. The molecule has 2 atom stereocenters. The van der Waals surface area contributed by atoms with Crippen molar-refractivity contribution >= 4 is 23.9 Å². The van der Waals surface area contributed by atoms with Crippen molar-refractivity contribution in [3.05, 3.63) is 11.5 Å². The van der Waals surface area contributed by atoms with E-state index in [1.807, 2.05) is 0 Å². The number of nitrogens with zero attached hydrogens (tertiary/aromatic N) is 2. The maximum absolute atomic E-state index is 10.2. The molecular weight excluding hydrogens is 451 g/mol. The molecule has 0 rings (SSSR count). The third-order valence-electron chi connectivity index (χ3n) is 2.49. The van der Waals surface area contributed by atoms with Crippen LogP contribution >= 0.6 is 0 Å². The van der Waals surface area contributed by atoms with Crippen molar-refractivity contribution in [1.82, 2.24) is 0 Å². The topological polar surface area (TPSA) is 285 Å². The first-order valence-corrected chi connectivity index (χ1v) is 8.89. The van der Waals surface area contributed by atoms with Gasteiger partial charge in [0.05, 0.1) is 0 Å². The minimum atomic E-state index is -1.91. The van der Waals surface area contributed by atoms with E-state index in [9.17, 15) is 9.59 Å². The van der Waals surface area contributed by atoms with Gasteiger partial charge in [0, 0.05) is 13.1 Å². The number of nitrogens with one attached hydrogen (secondary N) is 2. The van der Waals surface area contributed by atoms with Crippen LogP contribution in [0, 0.1) is 0 Å². The average molecular weight is 477 g/mol. The molecule has 27 heavy (non-hydrogen) atoms. The standard InChI is InChI=1S/2C6H13N4O2.2O.Tc/c2*7-4(5(11)12)2-1-3-10-6(8)9;;;/h2*4,7H,1-3H2,(H,11,12)(H4,8,9,10);;;/q2*-1;;;+3/i;;;;1+1. The molecule has 0 aromatic heterocycles. The van der Waals surface area contributed by atoms with Gasteiger partial charge >= 0.3 is 24.6 Å². The summed E-state index contributed by atoms with van der Waals surface area (Å²) >= 11 is -1.91. The Balaban J connectivity index is -0.000000372. The van der Waals surface area contributed by atoms with Gasteiger partial charge in [0.2, 0.25) is 0 Å². The van der Waals surface area contributed by atoms with Crippen molar-refractivity contribution in [1.29, 1.82) is 0 Å². The summed E-state index contributed by atoms with van der Waals surface area (Å²) in [7, 11) is 0. The third kappa shape index (κ3) is 28.7. The summed E-state index contributed by atoms with van der Waals surface area (Å²) in [5.74, 6) is -2.24. The van der Waals surface area contributed by atoms with E-state index in [-0.39, 0.29) is 24.8 Å². The van der Waals surface area contributed by atoms with Gasteiger partial charge in [-0.15, -0.1) is 0 Å². The number of aliphatic imine (C=N–C) groups is 2. The molecule has 0 saturated heterocycles. The molecular formula is C12H26N8O6Tc+. The Kier molecular flexibility index (Phi) is 21.8. The van der Waals surface area contributed by atoms with Gasteiger partial charge in [-0.3, -0.25) is 19.6 Å². The van der Waals surface area contributed by atoms with E-state index < -0.39 is 41.6 Å². The van der Waals surface area contributed by atoms with E-state index >= 15 is 0 Å². The second kappa shape index (κ2) is 20.0. The Morgan fingerprint density at radius 2 is 1.07 bits per heavy atom. The molecule has 156 valence electrons. The molecule has 0 aromatic rings. The van der Waals surface area contributed by atoms with Gasteiger partial charge in [0.1, 0.15) is 0 Å². The third-order valence-corrected chi connectivity index (χ3v) is 2.49. The Morgan fingerprint density at radius 3 is 1.26 bits per heavy atom. The van der Waals surface area contributed by atoms with Gasteiger partial charge in [-0.2, -0.15) is 0 Å². The van der Waals surface area contributed by atoms with Crippen LogP contribution in [0.25, 0.3) is 11.5 Å². The Labute approximate surface area is 163 Å². The average Bonchev–Trinajstić information content (AvgIpc) is 2.55. The van der Waals surface area contributed by atoms with E-state index in [1.165, 1.54) is 0 Å². The molecule has 14 nitrogen and oxygen atoms in total.